The van der Waals surface area contributed by atoms with Gasteiger partial charge in [-0.15, -0.1) is 38.2 Å². The maximum Gasteiger partial charge on any atom is 0.517 e. The van der Waals surface area contributed by atoms with Crippen molar-refractivity contribution in [3.8, 4) is 36.5 Å². The molecular formula is C26H36N4O12P4. The quantitative estimate of drug-likeness (QED) is 0.0824. The summed E-state index contributed by atoms with van der Waals surface area (Å²) in [4.78, 5) is 60.8. The number of nitrogen functional groups attached to an aromatic ring is 1. The molecule has 7 N–H and O–H groups in total. The lowest BCUT2D eigenvalue weighted by molar-refractivity contribution is -0.212. The normalized spacial score (nSPS) is 22.3. The molecule has 1 aliphatic rings. The van der Waals surface area contributed by atoms with E-state index in [1.54, 1.807) is 6.20 Å². The highest BCUT2D eigenvalue weighted by Gasteiger charge is 2.48. The minimum atomic E-state index is -5.57. The van der Waals surface area contributed by atoms with E-state index in [2.05, 4.69) is 51.5 Å². The van der Waals surface area contributed by atoms with E-state index in [-0.39, 0.29) is 36.4 Å². The van der Waals surface area contributed by atoms with Crippen molar-refractivity contribution >= 4 is 49.8 Å². The number of aliphatic hydroxyl groups excluding tert-OH is 1. The Balaban J connectivity index is 1.84. The average molecular weight is 720 g/mol. The van der Waals surface area contributed by atoms with Gasteiger partial charge in [-0.3, -0.25) is 9.78 Å². The number of nitrogens with two attached hydrogens (primary N) is 1. The monoisotopic (exact) mass is 720 g/mol. The van der Waals surface area contributed by atoms with Crippen molar-refractivity contribution in [2.45, 2.75) is 75.5 Å². The zero-order valence-electron chi connectivity index (χ0n) is 24.6. The SMILES string of the molecule is C#CCCCCC#Cc1cn([C@@H]2O[C@H](CC[P+]([O-])(OCCCCC#C)OP(=O)(O)OP(=O)(O)O)[C@H](O)C2P)c2nc(N)[nH]c(=O)c12. The van der Waals surface area contributed by atoms with Gasteiger partial charge in [0, 0.05) is 37.5 Å². The van der Waals surface area contributed by atoms with Gasteiger partial charge in [-0.05, 0) is 25.7 Å². The second kappa shape index (κ2) is 16.8. The topological polar surface area (TPSA) is 252 Å². The molecule has 3 heterocycles. The predicted molar refractivity (Wildman–Crippen MR) is 171 cm³/mol. The number of unbranched alkanes of at least 4 members (excludes halogenated alkanes) is 5. The van der Waals surface area contributed by atoms with Crippen LogP contribution < -0.4 is 16.2 Å². The number of nitrogens with one attached hydrogen (secondary N) is 1. The predicted octanol–water partition coefficient (Wildman–Crippen LogP) is 1.91. The largest absolute Gasteiger partial charge is 0.631 e. The summed E-state index contributed by atoms with van der Waals surface area (Å²) in [5, 5.41) is 11.2. The fourth-order valence-corrected chi connectivity index (χ4v) is 9.44. The number of ether oxygens (including phenoxy) is 1. The Labute approximate surface area is 268 Å². The molecule has 20 heteroatoms. The summed E-state index contributed by atoms with van der Waals surface area (Å²) in [5.74, 6) is 10.8. The first kappa shape index (κ1) is 38.3. The van der Waals surface area contributed by atoms with Gasteiger partial charge in [0.15, 0.2) is 5.65 Å². The summed E-state index contributed by atoms with van der Waals surface area (Å²) in [5.41, 5.74) is 5.06. The minimum absolute atomic E-state index is 0.142. The minimum Gasteiger partial charge on any atom is -0.631 e. The van der Waals surface area contributed by atoms with Gasteiger partial charge in [0.2, 0.25) is 5.95 Å². The van der Waals surface area contributed by atoms with Gasteiger partial charge in [-0.1, -0.05) is 11.8 Å². The number of aromatic amines is 1. The third kappa shape index (κ3) is 11.0. The Bertz CT molecular complexity index is 1670. The number of aromatic nitrogens is 3. The molecule has 1 saturated heterocycles. The van der Waals surface area contributed by atoms with Crippen LogP contribution in [0.3, 0.4) is 0 Å². The van der Waals surface area contributed by atoms with E-state index < -0.39 is 59.4 Å². The third-order valence-corrected chi connectivity index (χ3v) is 12.2. The van der Waals surface area contributed by atoms with Crippen LogP contribution in [0.25, 0.3) is 11.0 Å². The number of phosphoric acid groups is 2. The molecule has 0 saturated carbocycles. The van der Waals surface area contributed by atoms with Gasteiger partial charge >= 0.3 is 15.6 Å². The van der Waals surface area contributed by atoms with Gasteiger partial charge in [0.05, 0.1) is 29.8 Å². The van der Waals surface area contributed by atoms with Crippen molar-refractivity contribution < 1.29 is 51.7 Å². The average Bonchev–Trinajstić information content (AvgIpc) is 3.44. The maximum absolute atomic E-state index is 13.5. The molecule has 2 aromatic heterocycles. The molecule has 4 unspecified atom stereocenters. The number of rotatable bonds is 16. The first-order valence-electron chi connectivity index (χ1n) is 14.0. The fraction of sp³-hybridized carbons (Fsp3) is 0.538. The Hall–Kier alpha value is -2.14. The van der Waals surface area contributed by atoms with Gasteiger partial charge in [0.1, 0.15) is 12.4 Å². The van der Waals surface area contributed by atoms with Gasteiger partial charge in [-0.25, -0.2) is 13.7 Å². The summed E-state index contributed by atoms with van der Waals surface area (Å²) < 4.78 is 44.7. The summed E-state index contributed by atoms with van der Waals surface area (Å²) in [6.45, 7) is -0.234. The molecular weight excluding hydrogens is 684 g/mol. The van der Waals surface area contributed by atoms with Crippen LogP contribution in [0.5, 0.6) is 0 Å². The molecule has 3 rings (SSSR count). The summed E-state index contributed by atoms with van der Waals surface area (Å²) in [6, 6.07) is 0. The number of fused-ring (bicyclic) bond motifs is 1. The first-order chi connectivity index (χ1) is 21.6. The van der Waals surface area contributed by atoms with Crippen LogP contribution in [-0.4, -0.2) is 65.0 Å². The van der Waals surface area contributed by atoms with E-state index in [1.807, 2.05) is 0 Å². The molecule has 0 spiro atoms. The molecule has 0 amide bonds. The van der Waals surface area contributed by atoms with E-state index in [4.69, 9.17) is 37.6 Å². The molecule has 16 nitrogen and oxygen atoms in total. The number of H-pyrrole nitrogens is 1. The second-order valence-corrected chi connectivity index (χ2v) is 16.1. The first-order valence-corrected chi connectivity index (χ1v) is 19.4. The van der Waals surface area contributed by atoms with Crippen molar-refractivity contribution in [2.75, 3.05) is 18.5 Å². The number of nitrogens with zero attached hydrogens (tertiary/aromatic N) is 2. The number of terminal acetylenes is 2. The highest BCUT2D eigenvalue weighted by molar-refractivity contribution is 7.70. The van der Waals surface area contributed by atoms with Crippen molar-refractivity contribution in [3.05, 3.63) is 22.1 Å². The highest BCUT2D eigenvalue weighted by atomic mass is 31.3. The zero-order valence-corrected chi connectivity index (χ0v) is 28.4. The zero-order chi connectivity index (χ0) is 34.1. The fourth-order valence-electron chi connectivity index (χ4n) is 4.57. The van der Waals surface area contributed by atoms with E-state index in [0.717, 1.165) is 12.8 Å². The number of aliphatic hydroxyl groups is 1. The van der Waals surface area contributed by atoms with E-state index in [0.29, 0.717) is 31.2 Å². The summed E-state index contributed by atoms with van der Waals surface area (Å²) >= 11 is 0. The summed E-state index contributed by atoms with van der Waals surface area (Å²) in [6.07, 6.45) is 11.8. The summed E-state index contributed by atoms with van der Waals surface area (Å²) in [7, 11) is -13.2. The van der Waals surface area contributed by atoms with Crippen molar-refractivity contribution in [3.63, 3.8) is 0 Å². The van der Waals surface area contributed by atoms with Crippen molar-refractivity contribution in [1.82, 2.24) is 14.5 Å². The lowest BCUT2D eigenvalue weighted by atomic mass is 10.1. The highest BCUT2D eigenvalue weighted by Crippen LogP contribution is 2.70. The molecule has 0 aliphatic carbocycles. The second-order valence-electron chi connectivity index (χ2n) is 10.2. The Morgan fingerprint density at radius 3 is 2.48 bits per heavy atom. The smallest absolute Gasteiger partial charge is 0.517 e. The van der Waals surface area contributed by atoms with Gasteiger partial charge in [-0.2, -0.15) is 9.29 Å². The van der Waals surface area contributed by atoms with Crippen LogP contribution in [0.1, 0.15) is 63.2 Å². The van der Waals surface area contributed by atoms with Gasteiger partial charge < -0.3 is 39.7 Å². The van der Waals surface area contributed by atoms with Crippen LogP contribution in [0.15, 0.2) is 11.0 Å². The number of anilines is 1. The Morgan fingerprint density at radius 2 is 1.83 bits per heavy atom. The number of hydrogen-bond acceptors (Lipinski definition) is 11. The van der Waals surface area contributed by atoms with Crippen molar-refractivity contribution in [2.24, 2.45) is 0 Å². The molecule has 1 aliphatic heterocycles. The Morgan fingerprint density at radius 1 is 1.17 bits per heavy atom. The van der Waals surface area contributed by atoms with E-state index in [9.17, 15) is 28.8 Å². The van der Waals surface area contributed by atoms with Gasteiger partial charge in [0.25, 0.3) is 13.5 Å². The lowest BCUT2D eigenvalue weighted by Gasteiger charge is -2.29. The lowest BCUT2D eigenvalue weighted by Crippen LogP contribution is -2.30. The third-order valence-electron chi connectivity index (χ3n) is 6.62. The van der Waals surface area contributed by atoms with Crippen LogP contribution in [0, 0.1) is 36.5 Å². The van der Waals surface area contributed by atoms with E-state index >= 15 is 0 Å². The van der Waals surface area contributed by atoms with E-state index in [1.165, 1.54) is 4.57 Å². The molecule has 46 heavy (non-hydrogen) atoms. The van der Waals surface area contributed by atoms with Crippen LogP contribution in [0.2, 0.25) is 0 Å². The van der Waals surface area contributed by atoms with Crippen LogP contribution >= 0.6 is 32.8 Å². The molecule has 0 radical (unpaired) electrons. The standard InChI is InChI=1S/C26H36N4O12P4/c1-3-5-7-9-10-11-13-18-17-30(23-20(18)24(32)29-26(27)28-23)25-22(43)21(31)19(40-25)14-16-44(33,39-15-12-8-6-4-2)41-46(37,38)42-45(34,35)36/h1-2,17,19,21-22,25,31H,5-10,12,14-16,43H2,(H,37,38)(H2,34,35,36)(H3,27,28,29,32)/t19-,21+,22?,25-,44?/m1/s1. The molecule has 2 aromatic rings. The molecule has 1 fully saturated rings. The Kier molecular flexibility index (Phi) is 14.0. The molecule has 7 atom stereocenters. The van der Waals surface area contributed by atoms with Crippen LogP contribution in [-0.2, 0) is 27.0 Å². The molecule has 0 bridgehead atoms. The molecule has 252 valence electrons. The van der Waals surface area contributed by atoms with Crippen LogP contribution in [0.4, 0.5) is 5.95 Å². The maximum atomic E-state index is 13.5. The molecule has 0 aromatic carbocycles. The number of hydrogen-bond donors (Lipinski definition) is 6. The van der Waals surface area contributed by atoms with Crippen molar-refractivity contribution in [1.29, 1.82) is 0 Å².